The molecule has 0 radical (unpaired) electrons. The molecule has 0 bridgehead atoms. The minimum atomic E-state index is -0.0955. The lowest BCUT2D eigenvalue weighted by molar-refractivity contribution is 0.0939. The first-order valence-corrected chi connectivity index (χ1v) is 11.9. The number of aromatic nitrogens is 2. The Kier molecular flexibility index (Phi) is 7.63. The molecule has 1 saturated heterocycles. The largest absolute Gasteiger partial charge is 0.378 e. The van der Waals surface area contributed by atoms with E-state index >= 15 is 0 Å². The number of carbonyl (C=O) groups is 1. The number of halogens is 1. The number of amides is 1. The summed E-state index contributed by atoms with van der Waals surface area (Å²) >= 11 is 7.74. The number of hydrogen-bond donors (Lipinski definition) is 1. The van der Waals surface area contributed by atoms with E-state index in [0.29, 0.717) is 34.8 Å². The highest BCUT2D eigenvalue weighted by atomic mass is 35.5. The van der Waals surface area contributed by atoms with Crippen LogP contribution in [0.2, 0.25) is 5.15 Å². The molecule has 1 amide bonds. The molecule has 3 aromatic rings. The second-order valence-corrected chi connectivity index (χ2v) is 8.86. The van der Waals surface area contributed by atoms with Crippen LogP contribution >= 0.6 is 23.4 Å². The van der Waals surface area contributed by atoms with Crippen LogP contribution in [0.4, 0.5) is 5.82 Å². The molecule has 1 aromatic heterocycles. The summed E-state index contributed by atoms with van der Waals surface area (Å²) in [5.74, 6) is 1.36. The Bertz CT molecular complexity index is 1060. The number of rotatable bonds is 7. The van der Waals surface area contributed by atoms with Crippen molar-refractivity contribution in [3.63, 3.8) is 0 Å². The number of benzene rings is 2. The van der Waals surface area contributed by atoms with Crippen molar-refractivity contribution >= 4 is 35.1 Å². The van der Waals surface area contributed by atoms with Gasteiger partial charge in [0, 0.05) is 30.5 Å². The zero-order valence-corrected chi connectivity index (χ0v) is 19.4. The van der Waals surface area contributed by atoms with E-state index in [2.05, 4.69) is 20.2 Å². The molecule has 1 aliphatic rings. The third kappa shape index (κ3) is 6.00. The molecule has 32 heavy (non-hydrogen) atoms. The Hall–Kier alpha value is -2.61. The van der Waals surface area contributed by atoms with E-state index in [0.717, 1.165) is 30.0 Å². The predicted octanol–water partition coefficient (Wildman–Crippen LogP) is 4.75. The van der Waals surface area contributed by atoms with E-state index in [4.69, 9.17) is 16.3 Å². The fourth-order valence-corrected chi connectivity index (χ4v) is 4.48. The summed E-state index contributed by atoms with van der Waals surface area (Å²) < 4.78 is 5.41. The quantitative estimate of drug-likeness (QED) is 0.306. The monoisotopic (exact) mass is 468 g/mol. The van der Waals surface area contributed by atoms with Gasteiger partial charge in [-0.15, -0.1) is 0 Å². The lowest BCUT2D eigenvalue weighted by Crippen LogP contribution is -2.36. The van der Waals surface area contributed by atoms with Gasteiger partial charge in [-0.25, -0.2) is 9.97 Å². The van der Waals surface area contributed by atoms with Crippen LogP contribution in [0.3, 0.4) is 0 Å². The number of nitrogens with zero attached hydrogens (tertiary/aromatic N) is 3. The normalized spacial score (nSPS) is 14.8. The maximum atomic E-state index is 12.7. The molecule has 166 valence electrons. The van der Waals surface area contributed by atoms with Gasteiger partial charge in [0.25, 0.3) is 5.91 Å². The van der Waals surface area contributed by atoms with E-state index in [1.807, 2.05) is 61.5 Å². The van der Waals surface area contributed by atoms with Gasteiger partial charge in [0.2, 0.25) is 0 Å². The molecule has 2 heterocycles. The first-order valence-electron chi connectivity index (χ1n) is 10.5. The van der Waals surface area contributed by atoms with Crippen LogP contribution in [0.1, 0.15) is 34.5 Å². The molecule has 1 fully saturated rings. The highest BCUT2D eigenvalue weighted by Gasteiger charge is 2.15. The number of carbonyl (C=O) groups excluding carboxylic acids is 1. The fourth-order valence-electron chi connectivity index (χ4n) is 3.46. The maximum absolute atomic E-state index is 12.7. The van der Waals surface area contributed by atoms with Crippen molar-refractivity contribution in [1.82, 2.24) is 15.3 Å². The molecule has 0 spiro atoms. The summed E-state index contributed by atoms with van der Waals surface area (Å²) in [6.07, 6.45) is 0. The lowest BCUT2D eigenvalue weighted by atomic mass is 10.1. The zero-order valence-electron chi connectivity index (χ0n) is 17.8. The summed E-state index contributed by atoms with van der Waals surface area (Å²) in [6, 6.07) is 19.3. The Morgan fingerprint density at radius 1 is 1.12 bits per heavy atom. The van der Waals surface area contributed by atoms with Gasteiger partial charge in [-0.05, 0) is 30.2 Å². The molecule has 0 aliphatic carbocycles. The second-order valence-electron chi connectivity index (χ2n) is 7.53. The average Bonchev–Trinajstić information content (AvgIpc) is 2.83. The first-order chi connectivity index (χ1) is 15.6. The smallest absolute Gasteiger partial charge is 0.251 e. The third-order valence-corrected chi connectivity index (χ3v) is 6.31. The highest BCUT2D eigenvalue weighted by Crippen LogP contribution is 2.25. The van der Waals surface area contributed by atoms with Crippen molar-refractivity contribution in [3.8, 4) is 0 Å². The Morgan fingerprint density at radius 2 is 1.91 bits per heavy atom. The minimum absolute atomic E-state index is 0.0693. The van der Waals surface area contributed by atoms with Gasteiger partial charge in [-0.1, -0.05) is 65.8 Å². The van der Waals surface area contributed by atoms with Gasteiger partial charge in [0.15, 0.2) is 5.16 Å². The van der Waals surface area contributed by atoms with Crippen molar-refractivity contribution in [3.05, 3.63) is 82.5 Å². The molecule has 1 aliphatic heterocycles. The Morgan fingerprint density at radius 3 is 2.69 bits per heavy atom. The van der Waals surface area contributed by atoms with Gasteiger partial charge in [0.05, 0.1) is 19.3 Å². The van der Waals surface area contributed by atoms with E-state index in [9.17, 15) is 4.79 Å². The predicted molar refractivity (Wildman–Crippen MR) is 128 cm³/mol. The molecule has 1 atom stereocenters. The lowest BCUT2D eigenvalue weighted by Gasteiger charge is -2.27. The highest BCUT2D eigenvalue weighted by molar-refractivity contribution is 7.98. The van der Waals surface area contributed by atoms with Crippen LogP contribution in [-0.4, -0.2) is 42.2 Å². The van der Waals surface area contributed by atoms with Crippen LogP contribution < -0.4 is 10.2 Å². The molecular formula is C24H25ClN4O2S. The van der Waals surface area contributed by atoms with Crippen LogP contribution in [0, 0.1) is 0 Å². The second kappa shape index (κ2) is 10.8. The fraction of sp³-hybridized carbons (Fsp3) is 0.292. The van der Waals surface area contributed by atoms with Gasteiger partial charge < -0.3 is 15.0 Å². The van der Waals surface area contributed by atoms with Crippen LogP contribution in [0.5, 0.6) is 0 Å². The number of anilines is 1. The molecule has 0 saturated carbocycles. The SMILES string of the molecule is CC(NC(=O)c1cccc(CSc2nc(Cl)cc(N3CCOCC3)n2)c1)c1ccccc1. The van der Waals surface area contributed by atoms with Gasteiger partial charge in [-0.3, -0.25) is 4.79 Å². The number of thioether (sulfide) groups is 1. The van der Waals surface area contributed by atoms with Crippen molar-refractivity contribution in [2.45, 2.75) is 23.9 Å². The number of hydrogen-bond acceptors (Lipinski definition) is 6. The average molecular weight is 469 g/mol. The molecule has 6 nitrogen and oxygen atoms in total. The Balaban J connectivity index is 1.40. The Labute approximate surface area is 197 Å². The van der Waals surface area contributed by atoms with Gasteiger partial charge in [0.1, 0.15) is 11.0 Å². The summed E-state index contributed by atoms with van der Waals surface area (Å²) in [7, 11) is 0. The maximum Gasteiger partial charge on any atom is 0.251 e. The molecule has 8 heteroatoms. The van der Waals surface area contributed by atoms with E-state index in [1.54, 1.807) is 6.07 Å². The summed E-state index contributed by atoms with van der Waals surface area (Å²) in [6.45, 7) is 4.92. The van der Waals surface area contributed by atoms with Gasteiger partial charge in [-0.2, -0.15) is 0 Å². The van der Waals surface area contributed by atoms with Crippen molar-refractivity contribution in [1.29, 1.82) is 0 Å². The standard InChI is InChI=1S/C24H25ClN4O2S/c1-17(19-7-3-2-4-8-19)26-23(30)20-9-5-6-18(14-20)16-32-24-27-21(25)15-22(28-24)29-10-12-31-13-11-29/h2-9,14-15,17H,10-13,16H2,1H3,(H,26,30). The summed E-state index contributed by atoms with van der Waals surface area (Å²) in [5, 5.41) is 4.10. The summed E-state index contributed by atoms with van der Waals surface area (Å²) in [4.78, 5) is 23.9. The zero-order chi connectivity index (χ0) is 22.3. The number of ether oxygens (including phenoxy) is 1. The molecule has 2 aromatic carbocycles. The van der Waals surface area contributed by atoms with E-state index < -0.39 is 0 Å². The van der Waals surface area contributed by atoms with Crippen LogP contribution in [-0.2, 0) is 10.5 Å². The topological polar surface area (TPSA) is 67.4 Å². The molecule has 1 unspecified atom stereocenters. The van der Waals surface area contributed by atoms with E-state index in [1.165, 1.54) is 11.8 Å². The molecule has 1 N–H and O–H groups in total. The minimum Gasteiger partial charge on any atom is -0.378 e. The molecular weight excluding hydrogens is 444 g/mol. The van der Waals surface area contributed by atoms with Crippen molar-refractivity contribution in [2.24, 2.45) is 0 Å². The van der Waals surface area contributed by atoms with Crippen LogP contribution in [0.15, 0.2) is 65.8 Å². The van der Waals surface area contributed by atoms with Gasteiger partial charge >= 0.3 is 0 Å². The number of morpholine rings is 1. The van der Waals surface area contributed by atoms with E-state index in [-0.39, 0.29) is 11.9 Å². The van der Waals surface area contributed by atoms with Crippen molar-refractivity contribution in [2.75, 3.05) is 31.2 Å². The first kappa shape index (κ1) is 22.6. The summed E-state index contributed by atoms with van der Waals surface area (Å²) in [5.41, 5.74) is 2.72. The van der Waals surface area contributed by atoms with Crippen LogP contribution in [0.25, 0.3) is 0 Å². The number of nitrogens with one attached hydrogen (secondary N) is 1. The third-order valence-electron chi connectivity index (χ3n) is 5.20. The van der Waals surface area contributed by atoms with Crippen molar-refractivity contribution < 1.29 is 9.53 Å². The molecule has 4 rings (SSSR count).